The number of para-hydroxylation sites is 1. The number of hydrogen-bond acceptors (Lipinski definition) is 8. The zero-order chi connectivity index (χ0) is 40.6. The van der Waals surface area contributed by atoms with Crippen molar-refractivity contribution in [2.24, 2.45) is 0 Å². The van der Waals surface area contributed by atoms with Gasteiger partial charge in [-0.05, 0) is 109 Å². The van der Waals surface area contributed by atoms with Gasteiger partial charge >= 0.3 is 6.09 Å². The second-order valence-electron chi connectivity index (χ2n) is 17.0. The number of H-pyrrole nitrogens is 1. The van der Waals surface area contributed by atoms with Crippen LogP contribution in [0.5, 0.6) is 5.75 Å². The van der Waals surface area contributed by atoms with Crippen LogP contribution in [0.4, 0.5) is 4.79 Å². The Morgan fingerprint density at radius 2 is 1.68 bits per heavy atom. The number of rotatable bonds is 16. The van der Waals surface area contributed by atoms with Crippen molar-refractivity contribution in [1.29, 1.82) is 0 Å². The van der Waals surface area contributed by atoms with Gasteiger partial charge in [0.25, 0.3) is 0 Å². The van der Waals surface area contributed by atoms with Crippen LogP contribution in [0.1, 0.15) is 79.6 Å². The first-order chi connectivity index (χ1) is 27.3. The van der Waals surface area contributed by atoms with Gasteiger partial charge in [0.05, 0.1) is 60.1 Å². The number of methoxy groups -OCH3 is 1. The Kier molecular flexibility index (Phi) is 14.0. The van der Waals surface area contributed by atoms with Crippen molar-refractivity contribution in [3.05, 3.63) is 130 Å². The fraction of sp³-hybridized carbons (Fsp3) is 0.422. The van der Waals surface area contributed by atoms with Crippen molar-refractivity contribution in [3.63, 3.8) is 0 Å². The minimum atomic E-state index is -1.32. The summed E-state index contributed by atoms with van der Waals surface area (Å²) in [4.78, 5) is 35.9. The van der Waals surface area contributed by atoms with Gasteiger partial charge in [0.15, 0.2) is 0 Å². The normalized spacial score (nSPS) is 14.9. The summed E-state index contributed by atoms with van der Waals surface area (Å²) in [6.45, 7) is 15.3. The molecule has 3 aromatic heterocycles. The van der Waals surface area contributed by atoms with Crippen molar-refractivity contribution in [1.82, 2.24) is 29.7 Å². The number of hydrogen-bond donors (Lipinski definition) is 1. The fourth-order valence-corrected chi connectivity index (χ4v) is 8.49. The molecule has 2 atom stereocenters. The molecule has 2 unspecified atom stereocenters. The van der Waals surface area contributed by atoms with E-state index in [4.69, 9.17) is 24.2 Å². The Morgan fingerprint density at radius 1 is 0.930 bits per heavy atom. The molecule has 1 aliphatic rings. The van der Waals surface area contributed by atoms with E-state index in [9.17, 15) is 4.79 Å². The number of nitrogens with zero attached hydrogens (tertiary/aromatic N) is 5. The van der Waals surface area contributed by atoms with E-state index >= 15 is 0 Å². The molecule has 3 heterocycles. The summed E-state index contributed by atoms with van der Waals surface area (Å²) < 4.78 is 19.1. The number of imidazole rings is 1. The number of benzene rings is 2. The van der Waals surface area contributed by atoms with Crippen LogP contribution in [0.25, 0.3) is 11.3 Å². The summed E-state index contributed by atoms with van der Waals surface area (Å²) in [7, 11) is 0.369. The van der Waals surface area contributed by atoms with Crippen LogP contribution in [-0.2, 0) is 35.5 Å². The van der Waals surface area contributed by atoms with E-state index in [1.807, 2.05) is 75.6 Å². The Labute approximate surface area is 347 Å². The molecule has 302 valence electrons. The van der Waals surface area contributed by atoms with Crippen LogP contribution in [-0.4, -0.2) is 69.8 Å². The second-order valence-corrected chi connectivity index (χ2v) is 23.5. The average molecular weight is 854 g/mol. The topological polar surface area (TPSA) is 106 Å². The summed E-state index contributed by atoms with van der Waals surface area (Å²) in [6, 6.07) is 25.5. The lowest BCUT2D eigenvalue weighted by Gasteiger charge is -2.39. The first-order valence-corrected chi connectivity index (χ1v) is 24.4. The SMILES string of the molecule is COc1c(Br)cccc1-c1cnc(C(COCC[Si](C)(C)C)N(Cc2ccc(CN(Cc3ccccn3)C(=O)OC(C)(C)C)cc2)C2CCCc3cccnc32)[nH]1. The number of aromatic nitrogens is 4. The molecule has 0 bridgehead atoms. The molecular weight excluding hydrogens is 797 g/mol. The quantitative estimate of drug-likeness (QED) is 0.0773. The fourth-order valence-electron chi connectivity index (χ4n) is 7.20. The number of fused-ring (bicyclic) bond motifs is 1. The van der Waals surface area contributed by atoms with Crippen LogP contribution < -0.4 is 4.74 Å². The number of carbonyl (C=O) groups excluding carboxylic acids is 1. The predicted molar refractivity (Wildman–Crippen MR) is 232 cm³/mol. The van der Waals surface area contributed by atoms with Gasteiger partial charge in [-0.1, -0.05) is 62.1 Å². The highest BCUT2D eigenvalue weighted by atomic mass is 79.9. The first-order valence-electron chi connectivity index (χ1n) is 19.9. The number of pyridine rings is 2. The molecule has 2 aromatic carbocycles. The van der Waals surface area contributed by atoms with E-state index in [0.29, 0.717) is 32.8 Å². The van der Waals surface area contributed by atoms with Gasteiger partial charge in [0.1, 0.15) is 17.2 Å². The molecule has 1 aliphatic carbocycles. The van der Waals surface area contributed by atoms with E-state index in [0.717, 1.165) is 75.1 Å². The molecule has 6 rings (SSSR count). The van der Waals surface area contributed by atoms with Gasteiger partial charge in [-0.15, -0.1) is 0 Å². The number of ether oxygens (including phenoxy) is 3. The minimum absolute atomic E-state index is 0.0511. The van der Waals surface area contributed by atoms with Gasteiger partial charge in [-0.3, -0.25) is 19.8 Å². The van der Waals surface area contributed by atoms with E-state index in [-0.39, 0.29) is 18.2 Å². The van der Waals surface area contributed by atoms with Gasteiger partial charge < -0.3 is 19.2 Å². The zero-order valence-electron chi connectivity index (χ0n) is 34.4. The smallest absolute Gasteiger partial charge is 0.410 e. The van der Waals surface area contributed by atoms with E-state index < -0.39 is 13.7 Å². The Bertz CT molecular complexity index is 2060. The molecule has 10 nitrogen and oxygen atoms in total. The standard InChI is InChI=1S/C45H57BrN6O4Si/c1-45(2,3)56-44(53)51(30-35-15-8-9-23-47-35)28-32-19-21-33(22-20-32)29-52(39-18-10-13-34-14-12-24-48-41(34)39)40(31-55-25-26-57(5,6)7)43-49-27-38(50-43)36-16-11-17-37(46)42(36)54-4/h8-9,11-12,14-17,19-24,27,39-40H,10,13,18,25-26,28-31H2,1-7H3,(H,49,50). The first kappa shape index (κ1) is 42.2. The van der Waals surface area contributed by atoms with E-state index in [2.05, 4.69) is 80.8 Å². The Hall–Kier alpha value is -4.36. The lowest BCUT2D eigenvalue weighted by atomic mass is 9.89. The van der Waals surface area contributed by atoms with Crippen LogP contribution >= 0.6 is 15.9 Å². The molecule has 57 heavy (non-hydrogen) atoms. The molecule has 0 saturated heterocycles. The minimum Gasteiger partial charge on any atom is -0.495 e. The second kappa shape index (κ2) is 18.9. The van der Waals surface area contributed by atoms with Gasteiger partial charge in [-0.2, -0.15) is 0 Å². The summed E-state index contributed by atoms with van der Waals surface area (Å²) in [5, 5.41) is 0. The molecule has 0 radical (unpaired) electrons. The van der Waals surface area contributed by atoms with Crippen molar-refractivity contribution < 1.29 is 19.0 Å². The van der Waals surface area contributed by atoms with E-state index in [1.165, 1.54) is 5.56 Å². The third kappa shape index (κ3) is 11.6. The van der Waals surface area contributed by atoms with Crippen molar-refractivity contribution >= 4 is 30.1 Å². The number of carbonyl (C=O) groups is 1. The molecule has 0 saturated carbocycles. The summed E-state index contributed by atoms with van der Waals surface area (Å²) >= 11 is 3.66. The Balaban J connectivity index is 1.33. The largest absolute Gasteiger partial charge is 0.495 e. The highest BCUT2D eigenvalue weighted by molar-refractivity contribution is 9.10. The molecule has 1 amide bonds. The summed E-state index contributed by atoms with van der Waals surface area (Å²) in [6.07, 6.45) is 8.23. The van der Waals surface area contributed by atoms with Crippen LogP contribution in [0.2, 0.25) is 25.7 Å². The van der Waals surface area contributed by atoms with Gasteiger partial charge in [-0.25, -0.2) is 9.78 Å². The van der Waals surface area contributed by atoms with Crippen molar-refractivity contribution in [2.45, 2.75) is 103 Å². The predicted octanol–water partition coefficient (Wildman–Crippen LogP) is 10.6. The van der Waals surface area contributed by atoms with Gasteiger partial charge in [0, 0.05) is 45.7 Å². The highest BCUT2D eigenvalue weighted by Crippen LogP contribution is 2.40. The highest BCUT2D eigenvalue weighted by Gasteiger charge is 2.35. The molecule has 0 fully saturated rings. The lowest BCUT2D eigenvalue weighted by Crippen LogP contribution is -2.38. The maximum absolute atomic E-state index is 13.4. The molecular formula is C45H57BrN6O4Si. The number of aromatic amines is 1. The maximum atomic E-state index is 13.4. The third-order valence-electron chi connectivity index (χ3n) is 10.1. The lowest BCUT2D eigenvalue weighted by molar-refractivity contribution is 0.0214. The van der Waals surface area contributed by atoms with Crippen LogP contribution in [0.15, 0.2) is 95.9 Å². The van der Waals surface area contributed by atoms with Crippen molar-refractivity contribution in [3.8, 4) is 17.0 Å². The van der Waals surface area contributed by atoms with E-state index in [1.54, 1.807) is 18.2 Å². The number of amides is 1. The average Bonchev–Trinajstić information content (AvgIpc) is 3.66. The van der Waals surface area contributed by atoms with Crippen LogP contribution in [0, 0.1) is 0 Å². The Morgan fingerprint density at radius 3 is 2.39 bits per heavy atom. The molecule has 1 N–H and O–H groups in total. The maximum Gasteiger partial charge on any atom is 0.410 e. The van der Waals surface area contributed by atoms with Gasteiger partial charge in [0.2, 0.25) is 0 Å². The number of aryl methyl sites for hydroxylation is 1. The molecule has 5 aromatic rings. The third-order valence-corrected chi connectivity index (χ3v) is 12.4. The number of halogens is 1. The zero-order valence-corrected chi connectivity index (χ0v) is 37.0. The summed E-state index contributed by atoms with van der Waals surface area (Å²) in [5.74, 6) is 1.59. The van der Waals surface area contributed by atoms with Crippen molar-refractivity contribution in [2.75, 3.05) is 20.3 Å². The van der Waals surface area contributed by atoms with Crippen LogP contribution in [0.3, 0.4) is 0 Å². The monoisotopic (exact) mass is 852 g/mol. The molecule has 0 spiro atoms. The summed E-state index contributed by atoms with van der Waals surface area (Å²) in [5.41, 5.74) is 6.55. The molecule has 0 aliphatic heterocycles. The number of nitrogens with one attached hydrogen (secondary N) is 1. The molecule has 12 heteroatoms.